The van der Waals surface area contributed by atoms with Gasteiger partial charge in [-0.25, -0.2) is 8.42 Å². The van der Waals surface area contributed by atoms with Crippen LogP contribution in [0, 0.1) is 5.92 Å². The fourth-order valence-corrected chi connectivity index (χ4v) is 5.57. The van der Waals surface area contributed by atoms with E-state index in [-0.39, 0.29) is 41.1 Å². The van der Waals surface area contributed by atoms with Crippen LogP contribution in [0.1, 0.15) is 38.3 Å². The molecule has 0 bridgehead atoms. The number of halogens is 1. The molecule has 0 spiro atoms. The molecule has 0 aromatic heterocycles. The van der Waals surface area contributed by atoms with E-state index < -0.39 is 9.84 Å². The molecule has 1 atom stereocenters. The van der Waals surface area contributed by atoms with Gasteiger partial charge in [0.1, 0.15) is 0 Å². The van der Waals surface area contributed by atoms with Gasteiger partial charge in [0.2, 0.25) is 0 Å². The average molecular weight is 517 g/mol. The number of sulfone groups is 1. The largest absolute Gasteiger partial charge is 0.352 e. The molecule has 3 rings (SSSR count). The molecule has 0 radical (unpaired) electrons. The predicted molar refractivity (Wildman–Crippen MR) is 129 cm³/mol. The van der Waals surface area contributed by atoms with Crippen molar-refractivity contribution >= 4 is 45.5 Å². The Morgan fingerprint density at radius 1 is 1.39 bits per heavy atom. The van der Waals surface area contributed by atoms with Gasteiger partial charge in [-0.05, 0) is 41.4 Å². The number of nitrogens with one attached hydrogen (secondary N) is 1. The SMILES string of the molecule is C=CCNC(=NCC1CCS(=O)(=O)C1)N1CCc2cc(C(C)(C)C)ccc21.I. The zero-order chi connectivity index (χ0) is 19.7. The van der Waals surface area contributed by atoms with E-state index in [1.165, 1.54) is 16.8 Å². The van der Waals surface area contributed by atoms with Crippen LogP contribution in [-0.4, -0.2) is 45.5 Å². The van der Waals surface area contributed by atoms with Gasteiger partial charge in [0.25, 0.3) is 0 Å². The smallest absolute Gasteiger partial charge is 0.198 e. The van der Waals surface area contributed by atoms with Crippen molar-refractivity contribution in [2.24, 2.45) is 10.9 Å². The van der Waals surface area contributed by atoms with Crippen molar-refractivity contribution < 1.29 is 8.42 Å². The molecule has 2 aliphatic rings. The summed E-state index contributed by atoms with van der Waals surface area (Å²) in [5, 5.41) is 3.35. The van der Waals surface area contributed by atoms with Crippen molar-refractivity contribution in [1.29, 1.82) is 0 Å². The number of hydrogen-bond donors (Lipinski definition) is 1. The van der Waals surface area contributed by atoms with Crippen molar-refractivity contribution in [1.82, 2.24) is 5.32 Å². The second kappa shape index (κ2) is 9.15. The number of hydrogen-bond acceptors (Lipinski definition) is 3. The summed E-state index contributed by atoms with van der Waals surface area (Å²) in [6, 6.07) is 6.70. The van der Waals surface area contributed by atoms with Crippen LogP contribution in [-0.2, 0) is 21.7 Å². The van der Waals surface area contributed by atoms with Gasteiger partial charge in [-0.3, -0.25) is 4.99 Å². The fraction of sp³-hybridized carbons (Fsp3) is 0.571. The number of aliphatic imine (C=N–C) groups is 1. The molecule has 156 valence electrons. The minimum atomic E-state index is -2.87. The fourth-order valence-electron chi connectivity index (χ4n) is 3.72. The van der Waals surface area contributed by atoms with E-state index in [0.717, 1.165) is 18.9 Å². The number of anilines is 1. The summed E-state index contributed by atoms with van der Waals surface area (Å²) in [6.45, 7) is 12.5. The summed E-state index contributed by atoms with van der Waals surface area (Å²) in [5.41, 5.74) is 4.02. The molecular formula is C21H32IN3O2S. The zero-order valence-electron chi connectivity index (χ0n) is 17.1. The van der Waals surface area contributed by atoms with Crippen LogP contribution in [0.4, 0.5) is 5.69 Å². The summed E-state index contributed by atoms with van der Waals surface area (Å²) >= 11 is 0. The van der Waals surface area contributed by atoms with Gasteiger partial charge in [-0.15, -0.1) is 30.6 Å². The third-order valence-corrected chi connectivity index (χ3v) is 7.16. The standard InChI is InChI=1S/C21H31N3O2S.HI/c1-5-10-22-20(23-14-16-9-12-27(25,26)15-16)24-11-8-17-13-18(21(2,3)4)6-7-19(17)24;/h5-7,13,16H,1,8-12,14-15H2,2-4H3,(H,22,23);1H. The molecule has 0 aliphatic carbocycles. The van der Waals surface area contributed by atoms with Crippen molar-refractivity contribution in [3.05, 3.63) is 42.0 Å². The van der Waals surface area contributed by atoms with E-state index in [1.807, 2.05) is 6.08 Å². The summed E-state index contributed by atoms with van der Waals surface area (Å²) in [7, 11) is -2.87. The van der Waals surface area contributed by atoms with Crippen LogP contribution in [0.2, 0.25) is 0 Å². The molecule has 1 N–H and O–H groups in total. The van der Waals surface area contributed by atoms with Gasteiger partial charge in [0.15, 0.2) is 15.8 Å². The Morgan fingerprint density at radius 2 is 2.14 bits per heavy atom. The summed E-state index contributed by atoms with van der Waals surface area (Å²) in [4.78, 5) is 7.00. The lowest BCUT2D eigenvalue weighted by atomic mass is 9.86. The van der Waals surface area contributed by atoms with E-state index in [2.05, 4.69) is 55.8 Å². The second-order valence-corrected chi connectivity index (χ2v) is 10.8. The maximum absolute atomic E-state index is 11.7. The summed E-state index contributed by atoms with van der Waals surface area (Å²) in [5.74, 6) is 1.50. The minimum absolute atomic E-state index is 0. The van der Waals surface area contributed by atoms with Gasteiger partial charge >= 0.3 is 0 Å². The molecule has 1 fully saturated rings. The Labute approximate surface area is 186 Å². The topological polar surface area (TPSA) is 61.8 Å². The summed E-state index contributed by atoms with van der Waals surface area (Å²) in [6.07, 6.45) is 3.52. The molecule has 7 heteroatoms. The van der Waals surface area contributed by atoms with Crippen molar-refractivity contribution in [2.75, 3.05) is 36.0 Å². The quantitative estimate of drug-likeness (QED) is 0.287. The third-order valence-electron chi connectivity index (χ3n) is 5.33. The molecule has 1 unspecified atom stereocenters. The van der Waals surface area contributed by atoms with Crippen LogP contribution in [0.25, 0.3) is 0 Å². The van der Waals surface area contributed by atoms with Crippen molar-refractivity contribution in [2.45, 2.75) is 39.0 Å². The lowest BCUT2D eigenvalue weighted by molar-refractivity contribution is 0.589. The van der Waals surface area contributed by atoms with Crippen LogP contribution in [0.15, 0.2) is 35.8 Å². The predicted octanol–water partition coefficient (Wildman–Crippen LogP) is 3.53. The highest BCUT2D eigenvalue weighted by atomic mass is 127. The van der Waals surface area contributed by atoms with Crippen LogP contribution >= 0.6 is 24.0 Å². The van der Waals surface area contributed by atoms with Crippen LogP contribution in [0.5, 0.6) is 0 Å². The lowest BCUT2D eigenvalue weighted by Crippen LogP contribution is -2.41. The molecule has 1 aromatic carbocycles. The third kappa shape index (κ3) is 5.49. The van der Waals surface area contributed by atoms with E-state index in [1.54, 1.807) is 0 Å². The van der Waals surface area contributed by atoms with E-state index in [9.17, 15) is 8.42 Å². The van der Waals surface area contributed by atoms with E-state index in [0.29, 0.717) is 25.3 Å². The Kier molecular flexibility index (Phi) is 7.58. The molecule has 2 heterocycles. The molecule has 0 saturated carbocycles. The highest BCUT2D eigenvalue weighted by Gasteiger charge is 2.29. The number of rotatable bonds is 4. The monoisotopic (exact) mass is 517 g/mol. The average Bonchev–Trinajstić information content (AvgIpc) is 3.16. The Morgan fingerprint density at radius 3 is 2.75 bits per heavy atom. The highest BCUT2D eigenvalue weighted by Crippen LogP contribution is 2.33. The maximum atomic E-state index is 11.7. The van der Waals surface area contributed by atoms with Gasteiger partial charge < -0.3 is 10.2 Å². The van der Waals surface area contributed by atoms with E-state index >= 15 is 0 Å². The van der Waals surface area contributed by atoms with Gasteiger partial charge in [-0.2, -0.15) is 0 Å². The first kappa shape index (κ1) is 23.2. The highest BCUT2D eigenvalue weighted by molar-refractivity contribution is 14.0. The summed E-state index contributed by atoms with van der Waals surface area (Å²) < 4.78 is 23.4. The molecule has 1 aromatic rings. The number of nitrogens with zero attached hydrogens (tertiary/aromatic N) is 2. The van der Waals surface area contributed by atoms with Gasteiger partial charge in [0, 0.05) is 25.3 Å². The maximum Gasteiger partial charge on any atom is 0.198 e. The Hall–Kier alpha value is -1.09. The molecule has 2 aliphatic heterocycles. The number of benzene rings is 1. The van der Waals surface area contributed by atoms with Crippen molar-refractivity contribution in [3.8, 4) is 0 Å². The first-order valence-electron chi connectivity index (χ1n) is 9.70. The molecule has 1 saturated heterocycles. The second-order valence-electron chi connectivity index (χ2n) is 8.60. The number of fused-ring (bicyclic) bond motifs is 1. The molecule has 28 heavy (non-hydrogen) atoms. The van der Waals surface area contributed by atoms with Gasteiger partial charge in [-0.1, -0.05) is 39.0 Å². The van der Waals surface area contributed by atoms with Crippen LogP contribution in [0.3, 0.4) is 0 Å². The first-order chi connectivity index (χ1) is 12.7. The lowest BCUT2D eigenvalue weighted by Gasteiger charge is -2.24. The molecule has 5 nitrogen and oxygen atoms in total. The first-order valence-corrected chi connectivity index (χ1v) is 11.5. The van der Waals surface area contributed by atoms with Crippen molar-refractivity contribution in [3.63, 3.8) is 0 Å². The Balaban J connectivity index is 0.00000280. The van der Waals surface area contributed by atoms with E-state index in [4.69, 9.17) is 4.99 Å². The minimum Gasteiger partial charge on any atom is -0.352 e. The van der Waals surface area contributed by atoms with Gasteiger partial charge in [0.05, 0.1) is 11.5 Å². The Bertz CT molecular complexity index is 844. The number of guanidine groups is 1. The molecule has 0 amide bonds. The normalized spacial score (nSPS) is 21.2. The molecular weight excluding hydrogens is 485 g/mol. The van der Waals surface area contributed by atoms with Crippen LogP contribution < -0.4 is 10.2 Å². The zero-order valence-corrected chi connectivity index (χ0v) is 20.2.